The van der Waals surface area contributed by atoms with Gasteiger partial charge in [-0.15, -0.1) is 0 Å². The molecule has 0 radical (unpaired) electrons. The second-order valence-corrected chi connectivity index (χ2v) is 2.04. The zero-order valence-electron chi connectivity index (χ0n) is 6.13. The second kappa shape index (κ2) is 2.57. The summed E-state index contributed by atoms with van der Waals surface area (Å²) in [5.74, 6) is -0.135. The van der Waals surface area contributed by atoms with Gasteiger partial charge in [0.1, 0.15) is 0 Å². The van der Waals surface area contributed by atoms with Crippen molar-refractivity contribution in [3.63, 3.8) is 0 Å². The minimum Gasteiger partial charge on any atom is -0.420 e. The van der Waals surface area contributed by atoms with Crippen LogP contribution in [-0.4, -0.2) is 10.8 Å². The number of carbonyl (C=O) groups is 1. The van der Waals surface area contributed by atoms with Crippen molar-refractivity contribution in [1.82, 2.24) is 4.98 Å². The normalized spacial score (nSPS) is 9.55. The number of aryl methyl sites for hydroxylation is 1. The molecular formula is C7H8N2O2. The van der Waals surface area contributed by atoms with Crippen molar-refractivity contribution in [1.29, 1.82) is 0 Å². The van der Waals surface area contributed by atoms with Crippen LogP contribution in [0.15, 0.2) is 17.1 Å². The topological polar surface area (TPSA) is 69.1 Å². The number of rotatable bonds is 2. The molecule has 0 saturated carbocycles. The number of carbonyl (C=O) groups excluding carboxylic acids is 1. The Bertz CT molecular complexity index is 301. The summed E-state index contributed by atoms with van der Waals surface area (Å²) in [5.41, 5.74) is 5.70. The summed E-state index contributed by atoms with van der Waals surface area (Å²) in [6, 6.07) is 0.00713. The number of ketones is 1. The SMILES string of the molecule is C=CC(=O)c1oc(N)nc1C. The van der Waals surface area contributed by atoms with Gasteiger partial charge in [-0.3, -0.25) is 4.79 Å². The number of hydrogen-bond acceptors (Lipinski definition) is 4. The summed E-state index contributed by atoms with van der Waals surface area (Å²) in [5, 5.41) is 0. The maximum absolute atomic E-state index is 10.9. The first-order chi connectivity index (χ1) is 5.15. The molecule has 0 amide bonds. The molecule has 0 saturated heterocycles. The molecule has 4 heteroatoms. The third-order valence-electron chi connectivity index (χ3n) is 1.22. The van der Waals surface area contributed by atoms with Crippen LogP contribution in [0.2, 0.25) is 0 Å². The van der Waals surface area contributed by atoms with Gasteiger partial charge >= 0.3 is 0 Å². The van der Waals surface area contributed by atoms with Crippen LogP contribution in [0.1, 0.15) is 16.2 Å². The maximum atomic E-state index is 10.9. The molecule has 0 aromatic carbocycles. The van der Waals surface area contributed by atoms with Crippen molar-refractivity contribution in [2.75, 3.05) is 5.73 Å². The lowest BCUT2D eigenvalue weighted by atomic mass is 10.2. The quantitative estimate of drug-likeness (QED) is 0.505. The molecule has 2 N–H and O–H groups in total. The van der Waals surface area contributed by atoms with Gasteiger partial charge in [0.2, 0.25) is 5.78 Å². The van der Waals surface area contributed by atoms with Crippen LogP contribution in [-0.2, 0) is 0 Å². The molecule has 0 aliphatic carbocycles. The summed E-state index contributed by atoms with van der Waals surface area (Å²) in [6.07, 6.45) is 1.16. The van der Waals surface area contributed by atoms with Gasteiger partial charge in [0.15, 0.2) is 5.76 Å². The Morgan fingerprint density at radius 3 is 2.82 bits per heavy atom. The Balaban J connectivity index is 3.12. The minimum absolute atomic E-state index is 0.00713. The zero-order valence-corrected chi connectivity index (χ0v) is 6.13. The Hall–Kier alpha value is -1.58. The lowest BCUT2D eigenvalue weighted by Gasteiger charge is -1.86. The molecule has 4 nitrogen and oxygen atoms in total. The van der Waals surface area contributed by atoms with Crippen molar-refractivity contribution in [2.45, 2.75) is 6.92 Å². The van der Waals surface area contributed by atoms with Crippen molar-refractivity contribution < 1.29 is 9.21 Å². The summed E-state index contributed by atoms with van der Waals surface area (Å²) in [4.78, 5) is 14.7. The third-order valence-corrected chi connectivity index (χ3v) is 1.22. The molecule has 0 aliphatic rings. The third kappa shape index (κ3) is 1.29. The first kappa shape index (κ1) is 7.53. The van der Waals surface area contributed by atoms with E-state index < -0.39 is 0 Å². The van der Waals surface area contributed by atoms with Crippen LogP contribution < -0.4 is 5.73 Å². The summed E-state index contributed by atoms with van der Waals surface area (Å²) >= 11 is 0. The molecule has 0 unspecified atom stereocenters. The molecule has 1 heterocycles. The highest BCUT2D eigenvalue weighted by molar-refractivity contribution is 6.02. The van der Waals surface area contributed by atoms with E-state index in [0.29, 0.717) is 5.69 Å². The Labute approximate surface area is 63.7 Å². The fraction of sp³-hybridized carbons (Fsp3) is 0.143. The van der Waals surface area contributed by atoms with Crippen molar-refractivity contribution in [3.8, 4) is 0 Å². The van der Waals surface area contributed by atoms with E-state index in [0.717, 1.165) is 6.08 Å². The molecule has 0 aliphatic heterocycles. The first-order valence-electron chi connectivity index (χ1n) is 3.05. The lowest BCUT2D eigenvalue weighted by Crippen LogP contribution is -1.93. The number of anilines is 1. The number of nitrogen functional groups attached to an aromatic ring is 1. The van der Waals surface area contributed by atoms with Crippen LogP contribution in [0, 0.1) is 6.92 Å². The molecule has 1 rings (SSSR count). The van der Waals surface area contributed by atoms with Gasteiger partial charge < -0.3 is 10.2 Å². The first-order valence-corrected chi connectivity index (χ1v) is 3.05. The van der Waals surface area contributed by atoms with Crippen molar-refractivity contribution >= 4 is 11.8 Å². The van der Waals surface area contributed by atoms with E-state index >= 15 is 0 Å². The summed E-state index contributed by atoms with van der Waals surface area (Å²) < 4.78 is 4.81. The van der Waals surface area contributed by atoms with Gasteiger partial charge in [-0.1, -0.05) is 6.58 Å². The molecule has 58 valence electrons. The average molecular weight is 152 g/mol. The smallest absolute Gasteiger partial charge is 0.292 e. The highest BCUT2D eigenvalue weighted by atomic mass is 16.4. The van der Waals surface area contributed by atoms with Crippen LogP contribution in [0.5, 0.6) is 0 Å². The average Bonchev–Trinajstić information content (AvgIpc) is 2.28. The largest absolute Gasteiger partial charge is 0.420 e. The number of oxazole rings is 1. The number of aromatic nitrogens is 1. The van der Waals surface area contributed by atoms with Gasteiger partial charge in [-0.05, 0) is 13.0 Å². The van der Waals surface area contributed by atoms with E-state index in [9.17, 15) is 4.79 Å². The van der Waals surface area contributed by atoms with Gasteiger partial charge in [-0.2, -0.15) is 4.98 Å². The zero-order chi connectivity index (χ0) is 8.43. The van der Waals surface area contributed by atoms with Gasteiger partial charge in [0, 0.05) is 0 Å². The van der Waals surface area contributed by atoms with E-state index in [-0.39, 0.29) is 17.6 Å². The predicted molar refractivity (Wildman–Crippen MR) is 40.2 cm³/mol. The molecule has 1 aromatic rings. The molecule has 0 spiro atoms. The Morgan fingerprint density at radius 1 is 1.82 bits per heavy atom. The van der Waals surface area contributed by atoms with E-state index in [2.05, 4.69) is 11.6 Å². The van der Waals surface area contributed by atoms with Crippen LogP contribution in [0.3, 0.4) is 0 Å². The van der Waals surface area contributed by atoms with Gasteiger partial charge in [0.25, 0.3) is 6.01 Å². The van der Waals surface area contributed by atoms with E-state index in [4.69, 9.17) is 10.2 Å². The predicted octanol–water partition coefficient (Wildman–Crippen LogP) is 0.934. The number of allylic oxidation sites excluding steroid dienone is 1. The second-order valence-electron chi connectivity index (χ2n) is 2.04. The maximum Gasteiger partial charge on any atom is 0.292 e. The van der Waals surface area contributed by atoms with E-state index in [1.165, 1.54) is 0 Å². The molecule has 0 bridgehead atoms. The standard InChI is InChI=1S/C7H8N2O2/c1-3-5(10)6-4(2)9-7(8)11-6/h3H,1H2,2H3,(H2,8,9). The molecule has 0 fully saturated rings. The summed E-state index contributed by atoms with van der Waals surface area (Å²) in [7, 11) is 0. The number of hydrogen-bond donors (Lipinski definition) is 1. The fourth-order valence-corrected chi connectivity index (χ4v) is 0.739. The van der Waals surface area contributed by atoms with Crippen molar-refractivity contribution in [3.05, 3.63) is 24.1 Å². The number of nitrogens with zero attached hydrogens (tertiary/aromatic N) is 1. The van der Waals surface area contributed by atoms with E-state index in [1.54, 1.807) is 6.92 Å². The minimum atomic E-state index is -0.299. The van der Waals surface area contributed by atoms with Crippen LogP contribution in [0.4, 0.5) is 6.01 Å². The molecule has 0 atom stereocenters. The Kier molecular flexibility index (Phi) is 1.76. The van der Waals surface area contributed by atoms with Crippen LogP contribution in [0.25, 0.3) is 0 Å². The Morgan fingerprint density at radius 2 is 2.45 bits per heavy atom. The fourth-order valence-electron chi connectivity index (χ4n) is 0.739. The van der Waals surface area contributed by atoms with Gasteiger partial charge in [0.05, 0.1) is 5.69 Å². The number of nitrogens with two attached hydrogens (primary N) is 1. The molecule has 11 heavy (non-hydrogen) atoms. The highest BCUT2D eigenvalue weighted by Crippen LogP contribution is 2.11. The highest BCUT2D eigenvalue weighted by Gasteiger charge is 2.12. The summed E-state index contributed by atoms with van der Waals surface area (Å²) in [6.45, 7) is 4.96. The van der Waals surface area contributed by atoms with E-state index in [1.807, 2.05) is 0 Å². The lowest BCUT2D eigenvalue weighted by molar-refractivity contribution is 0.102. The van der Waals surface area contributed by atoms with Crippen molar-refractivity contribution in [2.24, 2.45) is 0 Å². The van der Waals surface area contributed by atoms with Gasteiger partial charge in [-0.25, -0.2) is 0 Å². The monoisotopic (exact) mass is 152 g/mol. The molecule has 1 aromatic heterocycles. The van der Waals surface area contributed by atoms with Crippen LogP contribution >= 0.6 is 0 Å². The molecular weight excluding hydrogens is 144 g/mol.